The molecule has 0 unspecified atom stereocenters. The topological polar surface area (TPSA) is 95.0 Å². The van der Waals surface area contributed by atoms with Gasteiger partial charge in [0.2, 0.25) is 15.9 Å². The summed E-state index contributed by atoms with van der Waals surface area (Å²) in [5.74, 6) is -1.28. The number of aliphatic carboxylic acids is 1. The Labute approximate surface area is 106 Å². The number of carboxylic acids is 1. The Kier molecular flexibility index (Phi) is 4.33. The number of hydrogen-bond acceptors (Lipinski definition) is 4. The van der Waals surface area contributed by atoms with Crippen molar-refractivity contribution in [1.29, 1.82) is 0 Å². The van der Waals surface area contributed by atoms with Crippen molar-refractivity contribution < 1.29 is 23.1 Å². The largest absolute Gasteiger partial charge is 0.481 e. The van der Waals surface area contributed by atoms with Crippen LogP contribution in [-0.4, -0.2) is 66.0 Å². The molecule has 1 N–H and O–H groups in total. The number of sulfonamides is 1. The Bertz CT molecular complexity index is 447. The van der Waals surface area contributed by atoms with E-state index in [2.05, 4.69) is 0 Å². The standard InChI is InChI=1S/C10H18N2O5S/c1-7-9(6-10(14)15)11(8(2)13)4-5-12(7)18(3,16)17/h7,9H,4-6H2,1-3H3,(H,14,15)/t7-,9-/m0/s1. The van der Waals surface area contributed by atoms with Gasteiger partial charge in [0.25, 0.3) is 0 Å². The molecule has 1 saturated heterocycles. The summed E-state index contributed by atoms with van der Waals surface area (Å²) >= 11 is 0. The minimum Gasteiger partial charge on any atom is -0.481 e. The van der Waals surface area contributed by atoms with Crippen LogP contribution in [0, 0.1) is 0 Å². The first-order valence-corrected chi connectivity index (χ1v) is 7.45. The molecule has 1 fully saturated rings. The number of nitrogens with zero attached hydrogens (tertiary/aromatic N) is 2. The van der Waals surface area contributed by atoms with Crippen LogP contribution in [0.2, 0.25) is 0 Å². The summed E-state index contributed by atoms with van der Waals surface area (Å²) in [4.78, 5) is 23.7. The summed E-state index contributed by atoms with van der Waals surface area (Å²) in [6, 6.07) is -1.16. The van der Waals surface area contributed by atoms with E-state index in [1.165, 1.54) is 16.1 Å². The van der Waals surface area contributed by atoms with Crippen molar-refractivity contribution in [2.75, 3.05) is 19.3 Å². The van der Waals surface area contributed by atoms with Gasteiger partial charge in [-0.2, -0.15) is 4.31 Å². The molecular formula is C10H18N2O5S. The number of piperazine rings is 1. The van der Waals surface area contributed by atoms with Gasteiger partial charge in [-0.1, -0.05) is 0 Å². The van der Waals surface area contributed by atoms with E-state index in [-0.39, 0.29) is 25.4 Å². The fraction of sp³-hybridized carbons (Fsp3) is 0.800. The molecule has 1 rings (SSSR count). The minimum absolute atomic E-state index is 0.204. The van der Waals surface area contributed by atoms with Crippen molar-refractivity contribution in [3.8, 4) is 0 Å². The molecular weight excluding hydrogens is 260 g/mol. The van der Waals surface area contributed by atoms with Crippen molar-refractivity contribution in [1.82, 2.24) is 9.21 Å². The second-order valence-electron chi connectivity index (χ2n) is 4.49. The highest BCUT2D eigenvalue weighted by Gasteiger charge is 2.39. The van der Waals surface area contributed by atoms with Crippen molar-refractivity contribution >= 4 is 21.9 Å². The molecule has 0 bridgehead atoms. The van der Waals surface area contributed by atoms with Gasteiger partial charge in [-0.15, -0.1) is 0 Å². The van der Waals surface area contributed by atoms with E-state index >= 15 is 0 Å². The van der Waals surface area contributed by atoms with Crippen molar-refractivity contribution in [2.24, 2.45) is 0 Å². The summed E-state index contributed by atoms with van der Waals surface area (Å²) in [5.41, 5.74) is 0. The highest BCUT2D eigenvalue weighted by Crippen LogP contribution is 2.22. The highest BCUT2D eigenvalue weighted by atomic mass is 32.2. The van der Waals surface area contributed by atoms with Crippen molar-refractivity contribution in [3.05, 3.63) is 0 Å². The second kappa shape index (κ2) is 5.23. The maximum Gasteiger partial charge on any atom is 0.305 e. The van der Waals surface area contributed by atoms with Crippen LogP contribution < -0.4 is 0 Å². The maximum absolute atomic E-state index is 11.6. The molecule has 7 nitrogen and oxygen atoms in total. The van der Waals surface area contributed by atoms with Gasteiger partial charge in [-0.25, -0.2) is 8.42 Å². The number of amides is 1. The normalized spacial score (nSPS) is 26.1. The van der Waals surface area contributed by atoms with Crippen LogP contribution >= 0.6 is 0 Å². The number of rotatable bonds is 3. The van der Waals surface area contributed by atoms with Crippen LogP contribution in [0.15, 0.2) is 0 Å². The summed E-state index contributed by atoms with van der Waals surface area (Å²) in [6.07, 6.45) is 0.831. The monoisotopic (exact) mass is 278 g/mol. The molecule has 0 aromatic rings. The Balaban J connectivity index is 3.01. The fourth-order valence-corrected chi connectivity index (χ4v) is 3.50. The molecule has 18 heavy (non-hydrogen) atoms. The zero-order valence-electron chi connectivity index (χ0n) is 10.7. The van der Waals surface area contributed by atoms with E-state index in [4.69, 9.17) is 5.11 Å². The van der Waals surface area contributed by atoms with Crippen LogP contribution in [0.4, 0.5) is 0 Å². The Morgan fingerprint density at radius 3 is 2.28 bits per heavy atom. The number of hydrogen-bond donors (Lipinski definition) is 1. The van der Waals surface area contributed by atoms with Gasteiger partial charge in [-0.05, 0) is 6.92 Å². The van der Waals surface area contributed by atoms with Gasteiger partial charge < -0.3 is 10.0 Å². The molecule has 104 valence electrons. The van der Waals surface area contributed by atoms with Gasteiger partial charge in [0.05, 0.1) is 18.7 Å². The third-order valence-electron chi connectivity index (χ3n) is 3.19. The molecule has 0 aliphatic carbocycles. The lowest BCUT2D eigenvalue weighted by molar-refractivity contribution is -0.142. The lowest BCUT2D eigenvalue weighted by Gasteiger charge is -2.44. The van der Waals surface area contributed by atoms with E-state index in [1.807, 2.05) is 0 Å². The first-order valence-electron chi connectivity index (χ1n) is 5.60. The number of carbonyl (C=O) groups is 2. The van der Waals surface area contributed by atoms with Gasteiger partial charge in [0.15, 0.2) is 0 Å². The minimum atomic E-state index is -3.39. The Morgan fingerprint density at radius 2 is 1.89 bits per heavy atom. The second-order valence-corrected chi connectivity index (χ2v) is 6.43. The molecule has 0 saturated carbocycles. The molecule has 1 heterocycles. The summed E-state index contributed by atoms with van der Waals surface area (Å²) in [6.45, 7) is 3.42. The molecule has 1 amide bonds. The van der Waals surface area contributed by atoms with Crippen molar-refractivity contribution in [3.63, 3.8) is 0 Å². The lowest BCUT2D eigenvalue weighted by Crippen LogP contribution is -2.61. The zero-order valence-corrected chi connectivity index (χ0v) is 11.5. The van der Waals surface area contributed by atoms with E-state index < -0.39 is 28.1 Å². The van der Waals surface area contributed by atoms with Crippen LogP contribution in [0.3, 0.4) is 0 Å². The van der Waals surface area contributed by atoms with Gasteiger partial charge in [0, 0.05) is 26.1 Å². The molecule has 0 spiro atoms. The SMILES string of the molecule is CC(=O)N1CCN(S(C)(=O)=O)[C@@H](C)[C@@H]1CC(=O)O. The van der Waals surface area contributed by atoms with E-state index in [9.17, 15) is 18.0 Å². The highest BCUT2D eigenvalue weighted by molar-refractivity contribution is 7.88. The lowest BCUT2D eigenvalue weighted by atomic mass is 10.0. The molecule has 0 aromatic heterocycles. The maximum atomic E-state index is 11.6. The fourth-order valence-electron chi connectivity index (χ4n) is 2.35. The summed E-state index contributed by atoms with van der Waals surface area (Å²) < 4.78 is 24.4. The van der Waals surface area contributed by atoms with E-state index in [0.717, 1.165) is 6.26 Å². The van der Waals surface area contributed by atoms with E-state index in [1.54, 1.807) is 6.92 Å². The molecule has 8 heteroatoms. The predicted molar refractivity (Wildman–Crippen MR) is 64.4 cm³/mol. The van der Waals surface area contributed by atoms with E-state index in [0.29, 0.717) is 0 Å². The first-order chi connectivity index (χ1) is 8.14. The average Bonchev–Trinajstić information content (AvgIpc) is 2.17. The Morgan fingerprint density at radius 1 is 1.33 bits per heavy atom. The quantitative estimate of drug-likeness (QED) is 0.739. The Hall–Kier alpha value is -1.15. The number of carboxylic acid groups (broad SMARTS) is 1. The molecule has 0 aromatic carbocycles. The van der Waals surface area contributed by atoms with Gasteiger partial charge >= 0.3 is 5.97 Å². The summed E-state index contributed by atoms with van der Waals surface area (Å²) in [5, 5.41) is 8.87. The molecule has 1 aliphatic rings. The number of carbonyl (C=O) groups excluding carboxylic acids is 1. The third kappa shape index (κ3) is 3.20. The summed E-state index contributed by atoms with van der Waals surface area (Å²) in [7, 11) is -3.39. The van der Waals surface area contributed by atoms with Gasteiger partial charge in [0.1, 0.15) is 0 Å². The first kappa shape index (κ1) is 14.9. The molecule has 1 aliphatic heterocycles. The zero-order chi connectivity index (χ0) is 14.1. The smallest absolute Gasteiger partial charge is 0.305 e. The van der Waals surface area contributed by atoms with Crippen molar-refractivity contribution in [2.45, 2.75) is 32.4 Å². The third-order valence-corrected chi connectivity index (χ3v) is 4.55. The van der Waals surface area contributed by atoms with Crippen LogP contribution in [0.25, 0.3) is 0 Å². The van der Waals surface area contributed by atoms with Crippen LogP contribution in [0.5, 0.6) is 0 Å². The molecule has 0 radical (unpaired) electrons. The molecule has 2 atom stereocenters. The average molecular weight is 278 g/mol. The van der Waals surface area contributed by atoms with Crippen LogP contribution in [0.1, 0.15) is 20.3 Å². The predicted octanol–water partition coefficient (Wildman–Crippen LogP) is -0.658. The van der Waals surface area contributed by atoms with Gasteiger partial charge in [-0.3, -0.25) is 9.59 Å². The van der Waals surface area contributed by atoms with Crippen LogP contribution in [-0.2, 0) is 19.6 Å².